The Balaban J connectivity index is 2.38. The predicted molar refractivity (Wildman–Crippen MR) is 192 cm³/mol. The molecule has 0 amide bonds. The smallest absolute Gasteiger partial charge is 0.381 e. The molecule has 3 atom stereocenters. The van der Waals surface area contributed by atoms with E-state index >= 15 is 0 Å². The van der Waals surface area contributed by atoms with E-state index in [-0.39, 0.29) is 54.2 Å². The Morgan fingerprint density at radius 1 is 0.688 bits per heavy atom. The third-order valence-corrected chi connectivity index (χ3v) is 10.5. The Kier molecular flexibility index (Phi) is 16.9. The fraction of sp³-hybridized carbons (Fsp3) is 0.559. The SMILES string of the molecule is CCCCC(C)(CC)COC(=O)c1c(Cl)c(Cl)cc(Cl)c1OC(=O)C(O)Oc1c(Cl)cc(Cl)c(Cl)c1C(=O)OCC(C)(CC)CCCC. The van der Waals surface area contributed by atoms with E-state index in [1.54, 1.807) is 0 Å². The highest BCUT2D eigenvalue weighted by atomic mass is 35.5. The van der Waals surface area contributed by atoms with Gasteiger partial charge in [0.15, 0.2) is 11.5 Å². The number of aliphatic hydroxyl groups is 1. The fourth-order valence-corrected chi connectivity index (χ4v) is 6.02. The van der Waals surface area contributed by atoms with Gasteiger partial charge in [-0.15, -0.1) is 0 Å². The number of carbonyl (C=O) groups is 3. The summed E-state index contributed by atoms with van der Waals surface area (Å²) in [6, 6.07) is 2.32. The molecular formula is C34H42Cl6O8. The molecule has 0 saturated heterocycles. The number of aliphatic hydroxyl groups excluding tert-OH is 1. The van der Waals surface area contributed by atoms with Gasteiger partial charge in [0.25, 0.3) is 6.29 Å². The third kappa shape index (κ3) is 11.2. The van der Waals surface area contributed by atoms with Crippen LogP contribution in [0, 0.1) is 10.8 Å². The van der Waals surface area contributed by atoms with Crippen LogP contribution in [0.25, 0.3) is 0 Å². The van der Waals surface area contributed by atoms with Gasteiger partial charge in [0, 0.05) is 10.8 Å². The number of carbonyl (C=O) groups excluding carboxylic acids is 3. The number of unbranched alkanes of at least 4 members (excludes halogenated alkanes) is 2. The molecule has 1 N–H and O–H groups in total. The zero-order valence-corrected chi connectivity index (χ0v) is 32.4. The van der Waals surface area contributed by atoms with Crippen molar-refractivity contribution in [3.63, 3.8) is 0 Å². The van der Waals surface area contributed by atoms with Crippen molar-refractivity contribution in [1.29, 1.82) is 0 Å². The first-order chi connectivity index (χ1) is 22.5. The van der Waals surface area contributed by atoms with Crippen LogP contribution in [0.2, 0.25) is 30.1 Å². The van der Waals surface area contributed by atoms with Gasteiger partial charge in [-0.3, -0.25) is 0 Å². The molecule has 268 valence electrons. The molecule has 8 nitrogen and oxygen atoms in total. The Morgan fingerprint density at radius 2 is 1.08 bits per heavy atom. The molecule has 14 heteroatoms. The first kappa shape index (κ1) is 42.5. The zero-order valence-electron chi connectivity index (χ0n) is 27.9. The number of ether oxygens (including phenoxy) is 4. The Morgan fingerprint density at radius 3 is 1.48 bits per heavy atom. The molecule has 2 aromatic rings. The summed E-state index contributed by atoms with van der Waals surface area (Å²) >= 11 is 37.8. The van der Waals surface area contributed by atoms with Gasteiger partial charge in [0.1, 0.15) is 11.1 Å². The lowest BCUT2D eigenvalue weighted by molar-refractivity contribution is -0.159. The van der Waals surface area contributed by atoms with Gasteiger partial charge in [-0.1, -0.05) is 137 Å². The Labute approximate surface area is 312 Å². The van der Waals surface area contributed by atoms with Crippen molar-refractivity contribution < 1.29 is 38.4 Å². The second kappa shape index (κ2) is 19.1. The largest absolute Gasteiger partial charge is 0.461 e. The van der Waals surface area contributed by atoms with Crippen LogP contribution in [0.15, 0.2) is 12.1 Å². The van der Waals surface area contributed by atoms with Crippen LogP contribution in [0.4, 0.5) is 0 Å². The third-order valence-electron chi connectivity index (χ3n) is 8.37. The van der Waals surface area contributed by atoms with Gasteiger partial charge in [-0.05, 0) is 37.8 Å². The average molecular weight is 791 g/mol. The molecule has 0 spiro atoms. The first-order valence-corrected chi connectivity index (χ1v) is 18.0. The van der Waals surface area contributed by atoms with E-state index in [4.69, 9.17) is 88.6 Å². The molecule has 0 aromatic heterocycles. The second-order valence-electron chi connectivity index (χ2n) is 12.3. The van der Waals surface area contributed by atoms with Crippen molar-refractivity contribution in [3.8, 4) is 11.5 Å². The van der Waals surface area contributed by atoms with E-state index in [0.29, 0.717) is 0 Å². The van der Waals surface area contributed by atoms with Gasteiger partial charge in [0.2, 0.25) is 0 Å². The van der Waals surface area contributed by atoms with Crippen LogP contribution in [-0.2, 0) is 14.3 Å². The highest BCUT2D eigenvalue weighted by molar-refractivity contribution is 6.46. The van der Waals surface area contributed by atoms with E-state index in [9.17, 15) is 19.5 Å². The van der Waals surface area contributed by atoms with Gasteiger partial charge in [0.05, 0.1) is 43.3 Å². The maximum Gasteiger partial charge on any atom is 0.381 e. The summed E-state index contributed by atoms with van der Waals surface area (Å²) < 4.78 is 21.9. The minimum Gasteiger partial charge on any atom is -0.461 e. The lowest BCUT2D eigenvalue weighted by Gasteiger charge is -2.28. The summed E-state index contributed by atoms with van der Waals surface area (Å²) in [4.78, 5) is 39.8. The normalized spacial score (nSPS) is 14.4. The minimum atomic E-state index is -2.41. The maximum atomic E-state index is 13.3. The number of benzene rings is 2. The van der Waals surface area contributed by atoms with E-state index in [1.807, 2.05) is 27.7 Å². The van der Waals surface area contributed by atoms with Crippen molar-refractivity contribution in [3.05, 3.63) is 53.4 Å². The van der Waals surface area contributed by atoms with Crippen LogP contribution in [-0.4, -0.2) is 42.5 Å². The topological polar surface area (TPSA) is 108 Å². The van der Waals surface area contributed by atoms with Gasteiger partial charge >= 0.3 is 17.9 Å². The monoisotopic (exact) mass is 788 g/mol. The van der Waals surface area contributed by atoms with Crippen molar-refractivity contribution >= 4 is 87.5 Å². The van der Waals surface area contributed by atoms with E-state index in [1.165, 1.54) is 6.07 Å². The molecule has 0 heterocycles. The number of rotatable bonds is 18. The molecule has 0 radical (unpaired) electrons. The van der Waals surface area contributed by atoms with Crippen molar-refractivity contribution in [2.45, 2.75) is 99.2 Å². The van der Waals surface area contributed by atoms with Crippen molar-refractivity contribution in [2.75, 3.05) is 13.2 Å². The quantitative estimate of drug-likeness (QED) is 0.0688. The highest BCUT2D eigenvalue weighted by Crippen LogP contribution is 2.43. The second-order valence-corrected chi connectivity index (χ2v) is 14.7. The van der Waals surface area contributed by atoms with Crippen LogP contribution in [0.3, 0.4) is 0 Å². The molecule has 48 heavy (non-hydrogen) atoms. The number of esters is 3. The number of halogens is 6. The lowest BCUT2D eigenvalue weighted by atomic mass is 9.83. The summed E-state index contributed by atoms with van der Waals surface area (Å²) in [5.74, 6) is -4.36. The summed E-state index contributed by atoms with van der Waals surface area (Å²) in [5, 5.41) is 9.49. The Bertz CT molecular complexity index is 1470. The van der Waals surface area contributed by atoms with Gasteiger partial charge < -0.3 is 24.1 Å². The maximum absolute atomic E-state index is 13.3. The zero-order chi connectivity index (χ0) is 36.4. The molecule has 0 fully saturated rings. The fourth-order valence-electron chi connectivity index (χ4n) is 4.58. The van der Waals surface area contributed by atoms with Crippen molar-refractivity contribution in [2.24, 2.45) is 10.8 Å². The van der Waals surface area contributed by atoms with E-state index in [0.717, 1.165) is 57.4 Å². The lowest BCUT2D eigenvalue weighted by Crippen LogP contribution is -2.33. The number of hydrogen-bond donors (Lipinski definition) is 1. The molecule has 0 aliphatic carbocycles. The highest BCUT2D eigenvalue weighted by Gasteiger charge is 2.34. The van der Waals surface area contributed by atoms with E-state index < -0.39 is 46.8 Å². The molecular weight excluding hydrogens is 749 g/mol. The predicted octanol–water partition coefficient (Wildman–Crippen LogP) is 11.4. The van der Waals surface area contributed by atoms with Crippen LogP contribution < -0.4 is 9.47 Å². The summed E-state index contributed by atoms with van der Waals surface area (Å²) in [6.07, 6.45) is 4.50. The van der Waals surface area contributed by atoms with Crippen LogP contribution in [0.5, 0.6) is 11.5 Å². The standard InChI is InChI=1S/C34H42Cl6O8/c1-7-11-13-33(5,9-3)17-45-29(41)23-25(39)19(35)15-21(37)27(23)47-31(43)32(44)48-28-22(38)16-20(36)26(40)24(28)30(42)46-18-34(6,10-4)14-12-8-2/h15-16,31,43H,7-14,17-18H2,1-6H3. The molecule has 2 aromatic carbocycles. The van der Waals surface area contributed by atoms with Gasteiger partial charge in [-0.2, -0.15) is 0 Å². The number of hydrogen-bond acceptors (Lipinski definition) is 8. The van der Waals surface area contributed by atoms with E-state index in [2.05, 4.69) is 13.8 Å². The minimum absolute atomic E-state index is 0.0482. The molecule has 0 saturated carbocycles. The first-order valence-electron chi connectivity index (χ1n) is 15.7. The molecule has 0 bridgehead atoms. The summed E-state index contributed by atoms with van der Waals surface area (Å²) in [5.41, 5.74) is -1.46. The Hall–Kier alpha value is -1.65. The molecule has 2 rings (SSSR count). The summed E-state index contributed by atoms with van der Waals surface area (Å²) in [6.45, 7) is 12.2. The van der Waals surface area contributed by atoms with Crippen LogP contribution in [0.1, 0.15) is 114 Å². The average Bonchev–Trinajstić information content (AvgIpc) is 3.05. The van der Waals surface area contributed by atoms with Crippen LogP contribution >= 0.6 is 69.6 Å². The van der Waals surface area contributed by atoms with Gasteiger partial charge in [-0.25, -0.2) is 14.4 Å². The molecule has 3 unspecified atom stereocenters. The van der Waals surface area contributed by atoms with Crippen molar-refractivity contribution in [1.82, 2.24) is 0 Å². The molecule has 0 aliphatic rings. The molecule has 0 aliphatic heterocycles. The summed E-state index contributed by atoms with van der Waals surface area (Å²) in [7, 11) is 0.